The molecule has 1 aliphatic carbocycles. The molecule has 2 nitrogen and oxygen atoms in total. The standard InChI is InChI=1S/C13H25NO/c1-4-5-11-6-8-12(9-7-11)14-13(15)10(2)3/h10-12H,4-9H2,1-3H3,(H,14,15)/t11-,12-. The SMILES string of the molecule is CCC[C@H]1CC[C@H](NC(=O)C(C)C)CC1. The Hall–Kier alpha value is -0.530. The van der Waals surface area contributed by atoms with E-state index in [0.29, 0.717) is 6.04 Å². The Morgan fingerprint density at radius 1 is 1.27 bits per heavy atom. The van der Waals surface area contributed by atoms with Crippen molar-refractivity contribution < 1.29 is 4.79 Å². The van der Waals surface area contributed by atoms with Crippen LogP contribution in [0.2, 0.25) is 0 Å². The molecule has 0 bridgehead atoms. The molecular weight excluding hydrogens is 186 g/mol. The summed E-state index contributed by atoms with van der Waals surface area (Å²) in [5.41, 5.74) is 0. The predicted octanol–water partition coefficient (Wildman–Crippen LogP) is 3.12. The van der Waals surface area contributed by atoms with E-state index in [2.05, 4.69) is 12.2 Å². The molecule has 1 N–H and O–H groups in total. The molecule has 0 radical (unpaired) electrons. The van der Waals surface area contributed by atoms with Crippen LogP contribution in [-0.2, 0) is 4.79 Å². The van der Waals surface area contributed by atoms with Crippen LogP contribution in [0, 0.1) is 11.8 Å². The molecular formula is C13H25NO. The lowest BCUT2D eigenvalue weighted by atomic mass is 9.83. The average molecular weight is 211 g/mol. The van der Waals surface area contributed by atoms with Crippen molar-refractivity contribution in [2.24, 2.45) is 11.8 Å². The number of carbonyl (C=O) groups is 1. The Morgan fingerprint density at radius 3 is 2.33 bits per heavy atom. The summed E-state index contributed by atoms with van der Waals surface area (Å²) < 4.78 is 0. The minimum Gasteiger partial charge on any atom is -0.353 e. The Kier molecular flexibility index (Phi) is 5.13. The maximum Gasteiger partial charge on any atom is 0.222 e. The van der Waals surface area contributed by atoms with Crippen LogP contribution in [0.4, 0.5) is 0 Å². The van der Waals surface area contributed by atoms with Crippen molar-refractivity contribution in [2.45, 2.75) is 65.3 Å². The summed E-state index contributed by atoms with van der Waals surface area (Å²) in [6, 6.07) is 0.452. The van der Waals surface area contributed by atoms with Crippen LogP contribution in [0.1, 0.15) is 59.3 Å². The van der Waals surface area contributed by atoms with Gasteiger partial charge in [-0.05, 0) is 31.6 Å². The van der Waals surface area contributed by atoms with Crippen molar-refractivity contribution in [3.63, 3.8) is 0 Å². The first-order valence-electron chi connectivity index (χ1n) is 6.43. The smallest absolute Gasteiger partial charge is 0.222 e. The monoisotopic (exact) mass is 211 g/mol. The van der Waals surface area contributed by atoms with Gasteiger partial charge in [-0.2, -0.15) is 0 Å². The Labute approximate surface area is 93.8 Å². The summed E-state index contributed by atoms with van der Waals surface area (Å²) in [7, 11) is 0. The Bertz CT molecular complexity index is 193. The van der Waals surface area contributed by atoms with Crippen LogP contribution in [0.15, 0.2) is 0 Å². The maximum atomic E-state index is 11.5. The minimum absolute atomic E-state index is 0.123. The predicted molar refractivity (Wildman–Crippen MR) is 63.6 cm³/mol. The summed E-state index contributed by atoms with van der Waals surface area (Å²) in [4.78, 5) is 11.5. The van der Waals surface area contributed by atoms with E-state index in [1.807, 2.05) is 13.8 Å². The second kappa shape index (κ2) is 6.14. The highest BCUT2D eigenvalue weighted by Crippen LogP contribution is 2.27. The quantitative estimate of drug-likeness (QED) is 0.760. The third-order valence-electron chi connectivity index (χ3n) is 3.41. The van der Waals surface area contributed by atoms with Crippen molar-refractivity contribution >= 4 is 5.91 Å². The average Bonchev–Trinajstić information content (AvgIpc) is 2.21. The van der Waals surface area contributed by atoms with E-state index < -0.39 is 0 Å². The summed E-state index contributed by atoms with van der Waals surface area (Å²) >= 11 is 0. The lowest BCUT2D eigenvalue weighted by molar-refractivity contribution is -0.125. The van der Waals surface area contributed by atoms with Crippen LogP contribution in [0.5, 0.6) is 0 Å². The van der Waals surface area contributed by atoms with Gasteiger partial charge < -0.3 is 5.32 Å². The molecule has 88 valence electrons. The number of nitrogens with one attached hydrogen (secondary N) is 1. The molecule has 0 unspecified atom stereocenters. The fourth-order valence-corrected chi connectivity index (χ4v) is 2.37. The van der Waals surface area contributed by atoms with Crippen LogP contribution in [0.25, 0.3) is 0 Å². The fraction of sp³-hybridized carbons (Fsp3) is 0.923. The number of carbonyl (C=O) groups excluding carboxylic acids is 1. The second-order valence-electron chi connectivity index (χ2n) is 5.17. The number of hydrogen-bond acceptors (Lipinski definition) is 1. The van der Waals surface area contributed by atoms with E-state index in [0.717, 1.165) is 5.92 Å². The molecule has 1 saturated carbocycles. The molecule has 0 saturated heterocycles. The highest BCUT2D eigenvalue weighted by atomic mass is 16.1. The molecule has 2 heteroatoms. The van der Waals surface area contributed by atoms with Gasteiger partial charge in [0.1, 0.15) is 0 Å². The van der Waals surface area contributed by atoms with Gasteiger partial charge in [0.05, 0.1) is 0 Å². The molecule has 0 heterocycles. The van der Waals surface area contributed by atoms with Crippen molar-refractivity contribution in [1.82, 2.24) is 5.32 Å². The summed E-state index contributed by atoms with van der Waals surface area (Å²) in [5, 5.41) is 3.14. The van der Waals surface area contributed by atoms with Gasteiger partial charge in [-0.1, -0.05) is 33.6 Å². The zero-order chi connectivity index (χ0) is 11.3. The van der Waals surface area contributed by atoms with E-state index in [1.54, 1.807) is 0 Å². The maximum absolute atomic E-state index is 11.5. The van der Waals surface area contributed by atoms with E-state index in [-0.39, 0.29) is 11.8 Å². The first-order chi connectivity index (χ1) is 7.13. The fourth-order valence-electron chi connectivity index (χ4n) is 2.37. The van der Waals surface area contributed by atoms with Gasteiger partial charge in [-0.15, -0.1) is 0 Å². The second-order valence-corrected chi connectivity index (χ2v) is 5.17. The van der Waals surface area contributed by atoms with Crippen molar-refractivity contribution in [3.8, 4) is 0 Å². The first kappa shape index (κ1) is 12.5. The van der Waals surface area contributed by atoms with Gasteiger partial charge >= 0.3 is 0 Å². The minimum atomic E-state index is 0.123. The first-order valence-corrected chi connectivity index (χ1v) is 6.43. The molecule has 0 aliphatic heterocycles. The normalized spacial score (nSPS) is 26.7. The number of amides is 1. The lowest BCUT2D eigenvalue weighted by Crippen LogP contribution is -2.39. The zero-order valence-corrected chi connectivity index (χ0v) is 10.4. The molecule has 0 atom stereocenters. The molecule has 0 aromatic carbocycles. The van der Waals surface area contributed by atoms with Gasteiger partial charge in [-0.25, -0.2) is 0 Å². The molecule has 0 aromatic rings. The van der Waals surface area contributed by atoms with Gasteiger partial charge in [0.25, 0.3) is 0 Å². The van der Waals surface area contributed by atoms with Gasteiger partial charge in [-0.3, -0.25) is 4.79 Å². The molecule has 1 rings (SSSR count). The number of rotatable bonds is 4. The topological polar surface area (TPSA) is 29.1 Å². The molecule has 0 aromatic heterocycles. The van der Waals surface area contributed by atoms with Gasteiger partial charge in [0, 0.05) is 12.0 Å². The van der Waals surface area contributed by atoms with E-state index >= 15 is 0 Å². The largest absolute Gasteiger partial charge is 0.353 e. The summed E-state index contributed by atoms with van der Waals surface area (Å²) in [6.45, 7) is 6.17. The van der Waals surface area contributed by atoms with Crippen molar-refractivity contribution in [2.75, 3.05) is 0 Å². The molecule has 1 fully saturated rings. The zero-order valence-electron chi connectivity index (χ0n) is 10.4. The summed E-state index contributed by atoms with van der Waals surface area (Å²) in [5.74, 6) is 1.26. The van der Waals surface area contributed by atoms with E-state index in [4.69, 9.17) is 0 Å². The number of hydrogen-bond donors (Lipinski definition) is 1. The molecule has 1 aliphatic rings. The van der Waals surface area contributed by atoms with Crippen LogP contribution in [0.3, 0.4) is 0 Å². The highest BCUT2D eigenvalue weighted by molar-refractivity contribution is 5.78. The van der Waals surface area contributed by atoms with Crippen molar-refractivity contribution in [3.05, 3.63) is 0 Å². The van der Waals surface area contributed by atoms with Crippen LogP contribution < -0.4 is 5.32 Å². The Morgan fingerprint density at radius 2 is 1.87 bits per heavy atom. The molecule has 15 heavy (non-hydrogen) atoms. The van der Waals surface area contributed by atoms with Crippen LogP contribution in [-0.4, -0.2) is 11.9 Å². The van der Waals surface area contributed by atoms with Gasteiger partial charge in [0.15, 0.2) is 0 Å². The molecule has 1 amide bonds. The van der Waals surface area contributed by atoms with Gasteiger partial charge in [0.2, 0.25) is 5.91 Å². The third-order valence-corrected chi connectivity index (χ3v) is 3.41. The van der Waals surface area contributed by atoms with Crippen LogP contribution >= 0.6 is 0 Å². The van der Waals surface area contributed by atoms with Crippen molar-refractivity contribution in [1.29, 1.82) is 0 Å². The lowest BCUT2D eigenvalue weighted by Gasteiger charge is -2.29. The summed E-state index contributed by atoms with van der Waals surface area (Å²) in [6.07, 6.45) is 7.64. The Balaban J connectivity index is 2.22. The highest BCUT2D eigenvalue weighted by Gasteiger charge is 2.22. The molecule has 0 spiro atoms. The van der Waals surface area contributed by atoms with E-state index in [1.165, 1.54) is 38.5 Å². The third kappa shape index (κ3) is 4.23. The van der Waals surface area contributed by atoms with E-state index in [9.17, 15) is 4.79 Å².